The lowest BCUT2D eigenvalue weighted by Gasteiger charge is -2.09. The minimum absolute atomic E-state index is 0.0238. The second-order valence-electron chi connectivity index (χ2n) is 4.39. The minimum atomic E-state index is -0.805. The van der Waals surface area contributed by atoms with Gasteiger partial charge in [-0.3, -0.25) is 9.59 Å². The molecule has 5 heteroatoms. The van der Waals surface area contributed by atoms with Crippen LogP contribution in [0, 0.1) is 0 Å². The van der Waals surface area contributed by atoms with Gasteiger partial charge in [-0.2, -0.15) is 0 Å². The average molecular weight is 322 g/mol. The molecular weight excluding hydrogens is 309 g/mol. The summed E-state index contributed by atoms with van der Waals surface area (Å²) in [5, 5.41) is 1.83. The minimum Gasteiger partial charge on any atom is -0.325 e. The molecule has 0 saturated carbocycles. The van der Waals surface area contributed by atoms with Crippen LogP contribution in [0.1, 0.15) is 15.9 Å². The molecule has 2 rings (SSSR count). The molecule has 0 aromatic heterocycles. The predicted octanol–water partition coefficient (Wildman–Crippen LogP) is 3.70. The van der Waals surface area contributed by atoms with Crippen molar-refractivity contribution >= 4 is 40.6 Å². The Balaban J connectivity index is 2.18. The third-order valence-electron chi connectivity index (χ3n) is 2.85. The molecule has 21 heavy (non-hydrogen) atoms. The molecule has 2 aromatic carbocycles. The summed E-state index contributed by atoms with van der Waals surface area (Å²) in [6.07, 6.45) is 0. The summed E-state index contributed by atoms with van der Waals surface area (Å²) in [5.74, 6) is -0.474. The molecule has 0 aliphatic rings. The van der Waals surface area contributed by atoms with Gasteiger partial charge >= 0.3 is 0 Å². The summed E-state index contributed by atoms with van der Waals surface area (Å²) in [6.45, 7) is 0. The Labute approximate surface area is 132 Å². The van der Waals surface area contributed by atoms with Gasteiger partial charge in [0.1, 0.15) is 5.38 Å². The summed E-state index contributed by atoms with van der Waals surface area (Å²) < 4.78 is 0. The van der Waals surface area contributed by atoms with Crippen LogP contribution in [-0.4, -0.2) is 22.9 Å². The molecule has 108 valence electrons. The third kappa shape index (κ3) is 4.06. The maximum atomic E-state index is 12.3. The van der Waals surface area contributed by atoms with Gasteiger partial charge in [0.05, 0.1) is 0 Å². The smallest absolute Gasteiger partial charge is 0.243 e. The van der Waals surface area contributed by atoms with Crippen LogP contribution in [0.25, 0.3) is 0 Å². The van der Waals surface area contributed by atoms with E-state index in [-0.39, 0.29) is 11.7 Å². The quantitative estimate of drug-likeness (QED) is 0.674. The Hall–Kier alpha value is -1.84. The second-order valence-corrected chi connectivity index (χ2v) is 5.22. The fourth-order valence-electron chi connectivity index (χ4n) is 1.79. The highest BCUT2D eigenvalue weighted by Gasteiger charge is 2.15. The van der Waals surface area contributed by atoms with Crippen LogP contribution in [0.3, 0.4) is 0 Å². The second kappa shape index (κ2) is 7.25. The van der Waals surface area contributed by atoms with Crippen molar-refractivity contribution in [2.24, 2.45) is 0 Å². The van der Waals surface area contributed by atoms with Gasteiger partial charge in [-0.25, -0.2) is 0 Å². The highest BCUT2D eigenvalue weighted by molar-refractivity contribution is 6.37. The molecule has 0 aliphatic heterocycles. The largest absolute Gasteiger partial charge is 0.325 e. The van der Waals surface area contributed by atoms with Crippen molar-refractivity contribution in [1.82, 2.24) is 0 Å². The van der Waals surface area contributed by atoms with E-state index in [1.54, 1.807) is 48.5 Å². The van der Waals surface area contributed by atoms with E-state index in [1.165, 1.54) is 0 Å². The van der Waals surface area contributed by atoms with Crippen molar-refractivity contribution in [1.29, 1.82) is 0 Å². The molecule has 1 unspecified atom stereocenters. The van der Waals surface area contributed by atoms with E-state index < -0.39 is 11.3 Å². The zero-order valence-electron chi connectivity index (χ0n) is 11.1. The van der Waals surface area contributed by atoms with Gasteiger partial charge in [0.2, 0.25) is 5.91 Å². The molecule has 1 amide bonds. The highest BCUT2D eigenvalue weighted by atomic mass is 35.5. The number of hydrogen-bond acceptors (Lipinski definition) is 2. The Kier molecular flexibility index (Phi) is 5.37. The predicted molar refractivity (Wildman–Crippen MR) is 85.3 cm³/mol. The maximum absolute atomic E-state index is 12.3. The van der Waals surface area contributed by atoms with E-state index in [0.29, 0.717) is 16.8 Å². The fourth-order valence-corrected chi connectivity index (χ4v) is 1.98. The first-order valence-electron chi connectivity index (χ1n) is 6.32. The number of nitrogens with one attached hydrogen (secondary N) is 1. The average Bonchev–Trinajstić information content (AvgIpc) is 2.54. The first-order chi connectivity index (χ1) is 10.1. The van der Waals surface area contributed by atoms with Gasteiger partial charge in [0, 0.05) is 22.7 Å². The van der Waals surface area contributed by atoms with Crippen molar-refractivity contribution in [3.8, 4) is 0 Å². The van der Waals surface area contributed by atoms with E-state index >= 15 is 0 Å². The van der Waals surface area contributed by atoms with Crippen LogP contribution in [-0.2, 0) is 4.79 Å². The van der Waals surface area contributed by atoms with Crippen LogP contribution < -0.4 is 5.32 Å². The summed E-state index contributed by atoms with van der Waals surface area (Å²) in [6, 6.07) is 15.7. The van der Waals surface area contributed by atoms with Crippen molar-refractivity contribution < 1.29 is 9.59 Å². The molecule has 0 aliphatic carbocycles. The number of carbonyl (C=O) groups is 2. The third-order valence-corrected chi connectivity index (χ3v) is 3.67. The zero-order valence-corrected chi connectivity index (χ0v) is 12.6. The monoisotopic (exact) mass is 321 g/mol. The Morgan fingerprint density at radius 1 is 1.00 bits per heavy atom. The van der Waals surface area contributed by atoms with Gasteiger partial charge in [0.25, 0.3) is 0 Å². The van der Waals surface area contributed by atoms with E-state index in [0.717, 1.165) is 0 Å². The lowest BCUT2D eigenvalue weighted by molar-refractivity contribution is -0.115. The number of amides is 1. The van der Waals surface area contributed by atoms with Gasteiger partial charge in [0.15, 0.2) is 5.78 Å². The lowest BCUT2D eigenvalue weighted by Crippen LogP contribution is -2.24. The summed E-state index contributed by atoms with van der Waals surface area (Å²) >= 11 is 11.3. The van der Waals surface area contributed by atoms with Crippen LogP contribution in [0.4, 0.5) is 5.69 Å². The standard InChI is InChI=1S/C16H13Cl2NO2/c17-10-14(18)16(21)19-13-8-4-7-12(9-13)15(20)11-5-2-1-3-6-11/h1-9,14H,10H2,(H,19,21). The van der Waals surface area contributed by atoms with Crippen molar-refractivity contribution in [2.45, 2.75) is 5.38 Å². The van der Waals surface area contributed by atoms with Crippen LogP contribution in [0.2, 0.25) is 0 Å². The highest BCUT2D eigenvalue weighted by Crippen LogP contribution is 2.16. The van der Waals surface area contributed by atoms with Gasteiger partial charge < -0.3 is 5.32 Å². The van der Waals surface area contributed by atoms with Gasteiger partial charge in [-0.05, 0) is 12.1 Å². The Bertz CT molecular complexity index is 644. The SMILES string of the molecule is O=C(c1ccccc1)c1cccc(NC(=O)C(Cl)CCl)c1. The van der Waals surface area contributed by atoms with Gasteiger partial charge in [-0.1, -0.05) is 42.5 Å². The van der Waals surface area contributed by atoms with E-state index in [2.05, 4.69) is 5.32 Å². The number of anilines is 1. The lowest BCUT2D eigenvalue weighted by atomic mass is 10.0. The molecular formula is C16H13Cl2NO2. The van der Waals surface area contributed by atoms with Crippen LogP contribution >= 0.6 is 23.2 Å². The van der Waals surface area contributed by atoms with Crippen molar-refractivity contribution in [3.63, 3.8) is 0 Å². The zero-order chi connectivity index (χ0) is 15.2. The molecule has 1 N–H and O–H groups in total. The van der Waals surface area contributed by atoms with Crippen molar-refractivity contribution in [2.75, 3.05) is 11.2 Å². The molecule has 1 atom stereocenters. The van der Waals surface area contributed by atoms with Crippen molar-refractivity contribution in [3.05, 3.63) is 65.7 Å². The van der Waals surface area contributed by atoms with E-state index in [9.17, 15) is 9.59 Å². The number of ketones is 1. The molecule has 0 radical (unpaired) electrons. The summed E-state index contributed by atoms with van der Waals surface area (Å²) in [4.78, 5) is 24.0. The van der Waals surface area contributed by atoms with Gasteiger partial charge in [-0.15, -0.1) is 23.2 Å². The topological polar surface area (TPSA) is 46.2 Å². The molecule has 0 spiro atoms. The number of rotatable bonds is 5. The molecule has 0 bridgehead atoms. The van der Waals surface area contributed by atoms with Crippen LogP contribution in [0.15, 0.2) is 54.6 Å². The Morgan fingerprint density at radius 2 is 1.67 bits per heavy atom. The molecule has 0 heterocycles. The summed E-state index contributed by atoms with van der Waals surface area (Å²) in [7, 11) is 0. The normalized spacial score (nSPS) is 11.7. The fraction of sp³-hybridized carbons (Fsp3) is 0.125. The van der Waals surface area contributed by atoms with Crippen LogP contribution in [0.5, 0.6) is 0 Å². The maximum Gasteiger partial charge on any atom is 0.243 e. The molecule has 0 saturated heterocycles. The van der Waals surface area contributed by atoms with E-state index in [4.69, 9.17) is 23.2 Å². The first kappa shape index (κ1) is 15.5. The molecule has 3 nitrogen and oxygen atoms in total. The number of hydrogen-bond donors (Lipinski definition) is 1. The number of alkyl halides is 2. The number of benzene rings is 2. The molecule has 2 aromatic rings. The number of halogens is 2. The Morgan fingerprint density at radius 3 is 2.33 bits per heavy atom. The summed E-state index contributed by atoms with van der Waals surface area (Å²) in [5.41, 5.74) is 1.60. The molecule has 0 fully saturated rings. The number of carbonyl (C=O) groups excluding carboxylic acids is 2. The first-order valence-corrected chi connectivity index (χ1v) is 7.29. The van der Waals surface area contributed by atoms with E-state index in [1.807, 2.05) is 6.07 Å².